The molecule has 4 heterocycles. The van der Waals surface area contributed by atoms with Crippen LogP contribution in [-0.4, -0.2) is 60.8 Å². The molecule has 17 aromatic carbocycles. The van der Waals surface area contributed by atoms with Crippen LogP contribution in [0.25, 0.3) is 72.7 Å². The third-order valence-electron chi connectivity index (χ3n) is 24.5. The van der Waals surface area contributed by atoms with Gasteiger partial charge in [0.2, 0.25) is 5.78 Å². The molecule has 0 unspecified atom stereocenters. The van der Waals surface area contributed by atoms with Gasteiger partial charge in [-0.15, -0.1) is 0 Å². The van der Waals surface area contributed by atoms with E-state index in [4.69, 9.17) is 15.0 Å². The molecule has 6 nitrogen and oxygen atoms in total. The van der Waals surface area contributed by atoms with E-state index in [1.165, 1.54) is 83.0 Å². The molecule has 0 saturated heterocycles. The third-order valence-corrected chi connectivity index (χ3v) is 43.6. The second-order valence-corrected chi connectivity index (χ2v) is 45.7. The number of fused-ring (bicyclic) bond motifs is 8. The normalized spacial score (nSPS) is 12.1. The van der Waals surface area contributed by atoms with Crippen LogP contribution in [-0.2, 0) is 0 Å². The summed E-state index contributed by atoms with van der Waals surface area (Å²) >= 11 is 0. The van der Waals surface area contributed by atoms with Crippen molar-refractivity contribution >= 4 is 165 Å². The number of aromatic nitrogens is 6. The average molecular weight is 1560 g/mol. The van der Waals surface area contributed by atoms with E-state index in [1.807, 2.05) is 0 Å². The Bertz CT molecular complexity index is 6560. The van der Waals surface area contributed by atoms with Crippen LogP contribution in [0.1, 0.15) is 0 Å². The minimum absolute atomic E-state index is 0.585. The average Bonchev–Trinajstić information content (AvgIpc) is 1.60. The van der Waals surface area contributed by atoms with E-state index in [1.54, 1.807) is 0 Å². The molecule has 0 fully saturated rings. The first kappa shape index (κ1) is 70.6. The van der Waals surface area contributed by atoms with E-state index in [-0.39, 0.29) is 0 Å². The molecule has 4 aromatic heterocycles. The Hall–Kier alpha value is -14.2. The minimum Gasteiger partial charge on any atom is -0.294 e. The monoisotopic (exact) mass is 1560 g/mol. The maximum Gasteiger partial charge on any atom is 0.221 e. The predicted octanol–water partition coefficient (Wildman–Crippen LogP) is 13.5. The summed E-state index contributed by atoms with van der Waals surface area (Å²) in [6, 6.07) is 177. The lowest BCUT2D eigenvalue weighted by molar-refractivity contribution is 0.980. The Labute approximate surface area is 684 Å². The number of benzene rings is 17. The van der Waals surface area contributed by atoms with Gasteiger partial charge in [0.15, 0.2) is 38.1 Å². The smallest absolute Gasteiger partial charge is 0.221 e. The minimum atomic E-state index is -3.15. The lowest BCUT2D eigenvalue weighted by atomic mass is 10.1. The van der Waals surface area contributed by atoms with Gasteiger partial charge in [-0.2, -0.15) is 0 Å². The standard InChI is InChI=1S/C107H78N6Si4/c1-14-40-79(41-15-1)106-109-104(111-99-71-67-92(114(80-42-16-2-17-43-80,81-44-18-3-19-45-81)82-46-20-4-21-47-82)74-96(99)97-75-93(68-72-100(97)111)115(83-48-22-5-23-49-83,84-50-24-6-25-51-84)85-52-26-7-27-53-85)78-105(110-106)113-101-73-69-95(117(89-60-34-11-35-61-89,90-62-36-12-37-63-90)91-64-38-13-39-65-91)77-103(101)112-102-76-94(66-70-98(102)108-107(112)113)116(86-54-28-8-29-55-86,87-56-30-9-31-57-87)88-58-32-10-33-59-88/h1-78H. The van der Waals surface area contributed by atoms with E-state index in [9.17, 15) is 0 Å². The van der Waals surface area contributed by atoms with E-state index >= 15 is 0 Å². The highest BCUT2D eigenvalue weighted by Crippen LogP contribution is 2.36. The third kappa shape index (κ3) is 11.4. The van der Waals surface area contributed by atoms with Crippen LogP contribution in [0.15, 0.2) is 473 Å². The molecule has 0 amide bonds. The number of hydrogen-bond acceptors (Lipinski definition) is 3. The van der Waals surface area contributed by atoms with E-state index < -0.39 is 32.3 Å². The first-order valence-corrected chi connectivity index (χ1v) is 48.2. The molecular formula is C107H78N6Si4. The van der Waals surface area contributed by atoms with Crippen molar-refractivity contribution in [3.05, 3.63) is 473 Å². The lowest BCUT2D eigenvalue weighted by Gasteiger charge is -2.34. The van der Waals surface area contributed by atoms with Crippen LogP contribution < -0.4 is 83.0 Å². The summed E-state index contributed by atoms with van der Waals surface area (Å²) < 4.78 is 7.21. The Morgan fingerprint density at radius 2 is 0.410 bits per heavy atom. The van der Waals surface area contributed by atoms with E-state index in [0.717, 1.165) is 61.0 Å². The lowest BCUT2D eigenvalue weighted by Crippen LogP contribution is -2.74. The van der Waals surface area contributed by atoms with Crippen molar-refractivity contribution in [2.45, 2.75) is 0 Å². The Morgan fingerprint density at radius 1 is 0.171 bits per heavy atom. The molecule has 552 valence electrons. The topological polar surface area (TPSA) is 52.9 Å². The molecule has 21 rings (SSSR count). The molecule has 10 heteroatoms. The summed E-state index contributed by atoms with van der Waals surface area (Å²) in [5.74, 6) is 2.72. The largest absolute Gasteiger partial charge is 0.294 e. The van der Waals surface area contributed by atoms with Gasteiger partial charge in [0.05, 0.1) is 33.1 Å². The molecule has 0 saturated carbocycles. The van der Waals surface area contributed by atoms with Crippen LogP contribution in [0.3, 0.4) is 0 Å². The van der Waals surface area contributed by atoms with Gasteiger partial charge in [0.1, 0.15) is 11.6 Å². The number of nitrogens with zero attached hydrogens (tertiary/aromatic N) is 6. The van der Waals surface area contributed by atoms with Gasteiger partial charge in [0.25, 0.3) is 0 Å². The fourth-order valence-electron chi connectivity index (χ4n) is 19.5. The van der Waals surface area contributed by atoms with Gasteiger partial charge in [-0.3, -0.25) is 13.5 Å². The number of hydrogen-bond donors (Lipinski definition) is 0. The maximum atomic E-state index is 5.94. The summed E-state index contributed by atoms with van der Waals surface area (Å²) in [7, 11) is -12.5. The Balaban J connectivity index is 0.886. The summed E-state index contributed by atoms with van der Waals surface area (Å²) in [4.78, 5) is 17.7. The first-order chi connectivity index (χ1) is 58.0. The number of imidazole rings is 2. The van der Waals surface area contributed by atoms with Crippen molar-refractivity contribution in [3.8, 4) is 23.0 Å². The van der Waals surface area contributed by atoms with Gasteiger partial charge >= 0.3 is 0 Å². The molecule has 0 bridgehead atoms. The quantitative estimate of drug-likeness (QED) is 0.0599. The van der Waals surface area contributed by atoms with Crippen LogP contribution in [0.4, 0.5) is 0 Å². The van der Waals surface area contributed by atoms with Crippen molar-refractivity contribution in [3.63, 3.8) is 0 Å². The van der Waals surface area contributed by atoms with Gasteiger partial charge in [-0.25, -0.2) is 15.0 Å². The van der Waals surface area contributed by atoms with E-state index in [2.05, 4.69) is 487 Å². The van der Waals surface area contributed by atoms with Crippen LogP contribution in [0.5, 0.6) is 0 Å². The molecule has 21 aromatic rings. The predicted molar refractivity (Wildman–Crippen MR) is 499 cm³/mol. The van der Waals surface area contributed by atoms with Crippen LogP contribution in [0.2, 0.25) is 0 Å². The molecular weight excluding hydrogens is 1480 g/mol. The SMILES string of the molecule is c1ccc(-c2nc(-n3c4ccc([Si](c5ccccc5)(c5ccccc5)c5ccccc5)cc4c4cc([Si](c5ccccc5)(c5ccccc5)c5ccccc5)ccc43)cc(-n3c4ccc([Si](c5ccccc5)(c5ccccc5)c5ccccc5)cc4n4c5cc([Si](c6ccccc6)(c6ccccc6)c6ccccc6)ccc5nc34)n2)cc1. The highest BCUT2D eigenvalue weighted by molar-refractivity contribution is 7.22. The fraction of sp³-hybridized carbons (Fsp3) is 0. The first-order valence-electron chi connectivity index (χ1n) is 40.2. The molecule has 0 spiro atoms. The van der Waals surface area contributed by atoms with Crippen molar-refractivity contribution in [2.24, 2.45) is 0 Å². The van der Waals surface area contributed by atoms with Crippen molar-refractivity contribution in [1.29, 1.82) is 0 Å². The summed E-state index contributed by atoms with van der Waals surface area (Å²) in [5, 5.41) is 22.9. The van der Waals surface area contributed by atoms with Crippen LogP contribution in [0, 0.1) is 0 Å². The van der Waals surface area contributed by atoms with Crippen molar-refractivity contribution in [1.82, 2.24) is 28.5 Å². The molecule has 0 aliphatic rings. The van der Waals surface area contributed by atoms with Crippen LogP contribution >= 0.6 is 0 Å². The van der Waals surface area contributed by atoms with Gasteiger partial charge < -0.3 is 0 Å². The summed E-state index contributed by atoms with van der Waals surface area (Å²) in [6.07, 6.45) is 0. The Kier molecular flexibility index (Phi) is 17.9. The second kappa shape index (κ2) is 29.6. The zero-order chi connectivity index (χ0) is 77.8. The molecule has 0 radical (unpaired) electrons. The van der Waals surface area contributed by atoms with Gasteiger partial charge in [-0.1, -0.05) is 431 Å². The van der Waals surface area contributed by atoms with Gasteiger partial charge in [-0.05, 0) is 119 Å². The van der Waals surface area contributed by atoms with Crippen molar-refractivity contribution in [2.75, 3.05) is 0 Å². The second-order valence-electron chi connectivity index (χ2n) is 30.5. The zero-order valence-corrected chi connectivity index (χ0v) is 68.2. The highest BCUT2D eigenvalue weighted by atomic mass is 28.3. The zero-order valence-electron chi connectivity index (χ0n) is 64.2. The van der Waals surface area contributed by atoms with E-state index in [0.29, 0.717) is 11.6 Å². The molecule has 0 atom stereocenters. The molecule has 0 aliphatic heterocycles. The summed E-state index contributed by atoms with van der Waals surface area (Å²) in [5.41, 5.74) is 6.78. The van der Waals surface area contributed by atoms with Gasteiger partial charge in [0, 0.05) is 22.4 Å². The fourth-order valence-corrected chi connectivity index (χ4v) is 38.6. The highest BCUT2D eigenvalue weighted by Gasteiger charge is 2.47. The maximum absolute atomic E-state index is 5.94. The molecule has 0 aliphatic carbocycles. The molecule has 0 N–H and O–H groups in total. The number of rotatable bonds is 19. The molecule has 117 heavy (non-hydrogen) atoms. The van der Waals surface area contributed by atoms with Crippen molar-refractivity contribution < 1.29 is 0 Å². The Morgan fingerprint density at radius 3 is 0.701 bits per heavy atom. The summed E-state index contributed by atoms with van der Waals surface area (Å²) in [6.45, 7) is 0.